The second-order valence-electron chi connectivity index (χ2n) is 6.89. The molecule has 1 amide bonds. The summed E-state index contributed by atoms with van der Waals surface area (Å²) in [6.07, 6.45) is 1.24. The van der Waals surface area contributed by atoms with Crippen molar-refractivity contribution in [1.82, 2.24) is 19.9 Å². The molecule has 0 atom stereocenters. The zero-order valence-corrected chi connectivity index (χ0v) is 16.9. The number of nitrogens with two attached hydrogens (primary N) is 1. The summed E-state index contributed by atoms with van der Waals surface area (Å²) in [6.45, 7) is 3.88. The van der Waals surface area contributed by atoms with Crippen LogP contribution in [0.2, 0.25) is 0 Å². The van der Waals surface area contributed by atoms with Crippen LogP contribution >= 0.6 is 0 Å². The Balaban J connectivity index is 1.94. The van der Waals surface area contributed by atoms with Gasteiger partial charge in [0.05, 0.1) is 18.8 Å². The third kappa shape index (κ3) is 3.71. The molecule has 0 bridgehead atoms. The molecule has 0 spiro atoms. The van der Waals surface area contributed by atoms with Crippen LogP contribution in [-0.2, 0) is 4.74 Å². The van der Waals surface area contributed by atoms with Crippen LogP contribution in [0.25, 0.3) is 10.9 Å². The van der Waals surface area contributed by atoms with E-state index < -0.39 is 5.82 Å². The van der Waals surface area contributed by atoms with E-state index in [1.165, 1.54) is 12.4 Å². The highest BCUT2D eigenvalue weighted by atomic mass is 19.1. The standard InChI is InChI=1S/C21H20FN7O2/c1-2-29(19-15(11-23)18(24)25-12-26-19)20-14(21(30)28-6-8-31-9-7-28)10-13-4-3-5-16(22)17(13)27-20/h3-5,10,12H,2,6-9H2,1H3,(H2,24,25,26). The number of pyridine rings is 1. The maximum Gasteiger partial charge on any atom is 0.257 e. The average Bonchev–Trinajstić information content (AvgIpc) is 2.80. The van der Waals surface area contributed by atoms with Crippen LogP contribution in [0.4, 0.5) is 21.8 Å². The molecule has 0 radical (unpaired) electrons. The van der Waals surface area contributed by atoms with Crippen LogP contribution in [-0.4, -0.2) is 58.6 Å². The van der Waals surface area contributed by atoms with Crippen molar-refractivity contribution in [2.75, 3.05) is 43.5 Å². The van der Waals surface area contributed by atoms with E-state index in [1.807, 2.05) is 13.0 Å². The lowest BCUT2D eigenvalue weighted by atomic mass is 10.1. The molecule has 1 aromatic carbocycles. The van der Waals surface area contributed by atoms with Gasteiger partial charge in [-0.05, 0) is 19.1 Å². The molecular formula is C21H20FN7O2. The van der Waals surface area contributed by atoms with Gasteiger partial charge >= 0.3 is 0 Å². The summed E-state index contributed by atoms with van der Waals surface area (Å²) >= 11 is 0. The number of nitrogens with zero attached hydrogens (tertiary/aromatic N) is 6. The Kier molecular flexibility index (Phi) is 5.60. The third-order valence-corrected chi connectivity index (χ3v) is 5.10. The average molecular weight is 421 g/mol. The van der Waals surface area contributed by atoms with Crippen LogP contribution in [0.5, 0.6) is 0 Å². The van der Waals surface area contributed by atoms with E-state index >= 15 is 0 Å². The number of nitriles is 1. The fraction of sp³-hybridized carbons (Fsp3) is 0.286. The number of benzene rings is 1. The topological polar surface area (TPSA) is 121 Å². The van der Waals surface area contributed by atoms with E-state index in [4.69, 9.17) is 10.5 Å². The van der Waals surface area contributed by atoms with Crippen molar-refractivity contribution >= 4 is 34.3 Å². The van der Waals surface area contributed by atoms with Crippen LogP contribution in [0, 0.1) is 17.1 Å². The van der Waals surface area contributed by atoms with Crippen LogP contribution in [0.1, 0.15) is 22.8 Å². The van der Waals surface area contributed by atoms with Crippen molar-refractivity contribution in [2.45, 2.75) is 6.92 Å². The summed E-state index contributed by atoms with van der Waals surface area (Å²) in [4.78, 5) is 29.2. The summed E-state index contributed by atoms with van der Waals surface area (Å²) in [6, 6.07) is 8.20. The predicted octanol–water partition coefficient (Wildman–Crippen LogP) is 2.25. The summed E-state index contributed by atoms with van der Waals surface area (Å²) in [5, 5.41) is 10.1. The largest absolute Gasteiger partial charge is 0.382 e. The van der Waals surface area contributed by atoms with Gasteiger partial charge in [-0.25, -0.2) is 19.3 Å². The lowest BCUT2D eigenvalue weighted by molar-refractivity contribution is 0.0303. The highest BCUT2D eigenvalue weighted by Gasteiger charge is 2.28. The number of anilines is 3. The van der Waals surface area contributed by atoms with Gasteiger partial charge in [0.15, 0.2) is 5.82 Å². The fourth-order valence-corrected chi connectivity index (χ4v) is 3.55. The first-order valence-electron chi connectivity index (χ1n) is 9.79. The molecule has 4 rings (SSSR count). The molecule has 0 aliphatic carbocycles. The second kappa shape index (κ2) is 8.49. The Bertz CT molecular complexity index is 1190. The molecule has 0 saturated carbocycles. The van der Waals surface area contributed by atoms with Crippen molar-refractivity contribution in [3.05, 3.63) is 47.5 Å². The second-order valence-corrected chi connectivity index (χ2v) is 6.89. The normalized spacial score (nSPS) is 13.8. The molecule has 1 fully saturated rings. The molecular weight excluding hydrogens is 401 g/mol. The van der Waals surface area contributed by atoms with Crippen LogP contribution in [0.15, 0.2) is 30.6 Å². The molecule has 1 aliphatic heterocycles. The van der Waals surface area contributed by atoms with Gasteiger partial charge in [0.25, 0.3) is 5.91 Å². The number of morpholine rings is 1. The molecule has 2 aromatic heterocycles. The zero-order valence-electron chi connectivity index (χ0n) is 16.9. The SMILES string of the molecule is CCN(c1nc2c(F)cccc2cc1C(=O)N1CCOCC1)c1ncnc(N)c1C#N. The van der Waals surface area contributed by atoms with Crippen molar-refractivity contribution in [3.63, 3.8) is 0 Å². The number of amides is 1. The van der Waals surface area contributed by atoms with E-state index in [9.17, 15) is 14.4 Å². The molecule has 9 nitrogen and oxygen atoms in total. The Morgan fingerprint density at radius 2 is 2.10 bits per heavy atom. The number of carbonyl (C=O) groups excluding carboxylic acids is 1. The van der Waals surface area contributed by atoms with E-state index in [0.717, 1.165) is 0 Å². The van der Waals surface area contributed by atoms with Gasteiger partial charge in [0.2, 0.25) is 0 Å². The van der Waals surface area contributed by atoms with Gasteiger partial charge in [-0.3, -0.25) is 4.79 Å². The Labute approximate surface area is 177 Å². The quantitative estimate of drug-likeness (QED) is 0.681. The maximum atomic E-state index is 14.5. The van der Waals surface area contributed by atoms with E-state index in [1.54, 1.807) is 28.0 Å². The van der Waals surface area contributed by atoms with Crippen molar-refractivity contribution < 1.29 is 13.9 Å². The summed E-state index contributed by atoms with van der Waals surface area (Å²) < 4.78 is 19.9. The number of ether oxygens (including phenoxy) is 1. The number of rotatable bonds is 4. The van der Waals surface area contributed by atoms with E-state index in [2.05, 4.69) is 15.0 Å². The third-order valence-electron chi connectivity index (χ3n) is 5.10. The van der Waals surface area contributed by atoms with Crippen molar-refractivity contribution in [1.29, 1.82) is 5.26 Å². The van der Waals surface area contributed by atoms with Gasteiger partial charge in [-0.15, -0.1) is 0 Å². The van der Waals surface area contributed by atoms with Gasteiger partial charge in [0, 0.05) is 25.0 Å². The minimum atomic E-state index is -0.511. The lowest BCUT2D eigenvalue weighted by Gasteiger charge is -2.30. The maximum absolute atomic E-state index is 14.5. The number of halogens is 1. The van der Waals surface area contributed by atoms with Crippen LogP contribution in [0.3, 0.4) is 0 Å². The first-order chi connectivity index (χ1) is 15.0. The lowest BCUT2D eigenvalue weighted by Crippen LogP contribution is -2.41. The molecule has 158 valence electrons. The van der Waals surface area contributed by atoms with Crippen molar-refractivity contribution in [3.8, 4) is 6.07 Å². The smallest absolute Gasteiger partial charge is 0.257 e. The van der Waals surface area contributed by atoms with Gasteiger partial charge in [0.1, 0.15) is 40.9 Å². The molecule has 2 N–H and O–H groups in total. The summed E-state index contributed by atoms with van der Waals surface area (Å²) in [5.74, 6) is -0.347. The first-order valence-corrected chi connectivity index (χ1v) is 9.79. The highest BCUT2D eigenvalue weighted by Crippen LogP contribution is 2.32. The van der Waals surface area contributed by atoms with Gasteiger partial charge in [-0.2, -0.15) is 5.26 Å². The Morgan fingerprint density at radius 3 is 2.81 bits per heavy atom. The fourth-order valence-electron chi connectivity index (χ4n) is 3.55. The molecule has 10 heteroatoms. The number of para-hydroxylation sites is 1. The minimum absolute atomic E-state index is 0.0129. The highest BCUT2D eigenvalue weighted by molar-refractivity contribution is 6.03. The number of nitrogen functional groups attached to an aromatic ring is 1. The first kappa shape index (κ1) is 20.4. The molecule has 0 unspecified atom stereocenters. The minimum Gasteiger partial charge on any atom is -0.382 e. The Morgan fingerprint density at radius 1 is 1.32 bits per heavy atom. The summed E-state index contributed by atoms with van der Waals surface area (Å²) in [5.41, 5.74) is 6.32. The number of hydrogen-bond donors (Lipinski definition) is 1. The van der Waals surface area contributed by atoms with Crippen LogP contribution < -0.4 is 10.6 Å². The number of carbonyl (C=O) groups is 1. The van der Waals surface area contributed by atoms with Crippen molar-refractivity contribution in [2.24, 2.45) is 0 Å². The molecule has 3 heterocycles. The summed E-state index contributed by atoms with van der Waals surface area (Å²) in [7, 11) is 0. The number of hydrogen-bond acceptors (Lipinski definition) is 8. The van der Waals surface area contributed by atoms with E-state index in [0.29, 0.717) is 38.2 Å². The Hall–Kier alpha value is -3.84. The van der Waals surface area contributed by atoms with E-state index in [-0.39, 0.29) is 40.0 Å². The number of fused-ring (bicyclic) bond motifs is 1. The van der Waals surface area contributed by atoms with Gasteiger partial charge < -0.3 is 20.3 Å². The molecule has 1 aliphatic rings. The monoisotopic (exact) mass is 421 g/mol. The number of aromatic nitrogens is 3. The molecule has 3 aromatic rings. The predicted molar refractivity (Wildman–Crippen MR) is 112 cm³/mol. The zero-order chi connectivity index (χ0) is 22.0. The van der Waals surface area contributed by atoms with Gasteiger partial charge in [-0.1, -0.05) is 12.1 Å². The molecule has 31 heavy (non-hydrogen) atoms. The molecule has 1 saturated heterocycles.